The maximum Gasteiger partial charge on any atom is 0.228 e. The first kappa shape index (κ1) is 14.0. The van der Waals surface area contributed by atoms with E-state index in [1.54, 1.807) is 0 Å². The molecular weight excluding hydrogens is 268 g/mol. The topological polar surface area (TPSA) is 41.1 Å². The Labute approximate surface area is 124 Å². The molecule has 2 aliphatic rings. The van der Waals surface area contributed by atoms with Gasteiger partial charge in [0.25, 0.3) is 0 Å². The highest BCUT2D eigenvalue weighted by molar-refractivity contribution is 7.99. The van der Waals surface area contributed by atoms with Gasteiger partial charge in [-0.15, -0.1) is 11.8 Å². The van der Waals surface area contributed by atoms with E-state index in [1.165, 1.54) is 10.5 Å². The van der Waals surface area contributed by atoms with Crippen molar-refractivity contribution in [3.8, 4) is 0 Å². The molecule has 108 valence electrons. The van der Waals surface area contributed by atoms with Crippen molar-refractivity contribution in [3.63, 3.8) is 0 Å². The predicted molar refractivity (Wildman–Crippen MR) is 82.9 cm³/mol. The highest BCUT2D eigenvalue weighted by Gasteiger charge is 2.40. The molecule has 0 bridgehead atoms. The lowest BCUT2D eigenvalue weighted by molar-refractivity contribution is -0.131. The zero-order valence-corrected chi connectivity index (χ0v) is 12.8. The van der Waals surface area contributed by atoms with Crippen LogP contribution in [-0.2, 0) is 4.79 Å². The first-order valence-corrected chi connectivity index (χ1v) is 8.47. The lowest BCUT2D eigenvalue weighted by Gasteiger charge is -2.31. The van der Waals surface area contributed by atoms with Crippen LogP contribution in [0.15, 0.2) is 29.2 Å². The van der Waals surface area contributed by atoms with Crippen LogP contribution < -0.4 is 10.6 Å². The number of rotatable bonds is 3. The fraction of sp³-hybridized carbons (Fsp3) is 0.562. The number of nitrogens with one attached hydrogen (secondary N) is 2. The Morgan fingerprint density at radius 2 is 2.35 bits per heavy atom. The van der Waals surface area contributed by atoms with Gasteiger partial charge < -0.3 is 10.6 Å². The van der Waals surface area contributed by atoms with E-state index in [0.717, 1.165) is 38.1 Å². The van der Waals surface area contributed by atoms with E-state index in [1.807, 2.05) is 11.8 Å². The lowest BCUT2D eigenvalue weighted by atomic mass is 9.83. The molecule has 0 aliphatic carbocycles. The molecule has 2 N–H and O–H groups in total. The van der Waals surface area contributed by atoms with Crippen molar-refractivity contribution in [1.82, 2.24) is 10.6 Å². The van der Waals surface area contributed by atoms with Crippen LogP contribution in [0, 0.1) is 5.41 Å². The molecule has 1 fully saturated rings. The Hall–Kier alpha value is -1.00. The van der Waals surface area contributed by atoms with Crippen LogP contribution in [-0.4, -0.2) is 24.7 Å². The lowest BCUT2D eigenvalue weighted by Crippen LogP contribution is -2.44. The quantitative estimate of drug-likeness (QED) is 0.899. The molecule has 1 saturated heterocycles. The van der Waals surface area contributed by atoms with Crippen molar-refractivity contribution in [2.75, 3.05) is 18.8 Å². The molecule has 3 nitrogen and oxygen atoms in total. The second kappa shape index (κ2) is 5.78. The summed E-state index contributed by atoms with van der Waals surface area (Å²) in [4.78, 5) is 14.0. The van der Waals surface area contributed by atoms with Gasteiger partial charge in [0.15, 0.2) is 0 Å². The van der Waals surface area contributed by atoms with Gasteiger partial charge in [-0.2, -0.15) is 0 Å². The van der Waals surface area contributed by atoms with Gasteiger partial charge in [-0.25, -0.2) is 0 Å². The SMILES string of the molecule is CCC1(C(=O)NC2CCSc3ccccc32)CCNC1. The molecule has 2 unspecified atom stereocenters. The molecule has 1 aromatic rings. The molecule has 0 radical (unpaired) electrons. The van der Waals surface area contributed by atoms with Crippen LogP contribution in [0.1, 0.15) is 37.8 Å². The van der Waals surface area contributed by atoms with E-state index in [-0.39, 0.29) is 17.4 Å². The van der Waals surface area contributed by atoms with Gasteiger partial charge in [0.2, 0.25) is 5.91 Å². The maximum absolute atomic E-state index is 12.7. The molecule has 1 aromatic carbocycles. The second-order valence-electron chi connectivity index (χ2n) is 5.76. The Morgan fingerprint density at radius 1 is 1.50 bits per heavy atom. The minimum Gasteiger partial charge on any atom is -0.349 e. The van der Waals surface area contributed by atoms with Crippen LogP contribution in [0.25, 0.3) is 0 Å². The van der Waals surface area contributed by atoms with E-state index < -0.39 is 0 Å². The minimum atomic E-state index is -0.195. The van der Waals surface area contributed by atoms with Crippen LogP contribution in [0.2, 0.25) is 0 Å². The van der Waals surface area contributed by atoms with Crippen molar-refractivity contribution >= 4 is 17.7 Å². The first-order chi connectivity index (χ1) is 9.75. The highest BCUT2D eigenvalue weighted by Crippen LogP contribution is 2.37. The third kappa shape index (κ3) is 2.47. The summed E-state index contributed by atoms with van der Waals surface area (Å²) in [6, 6.07) is 8.63. The Kier molecular flexibility index (Phi) is 4.03. The van der Waals surface area contributed by atoms with Crippen LogP contribution in [0.4, 0.5) is 0 Å². The van der Waals surface area contributed by atoms with Crippen LogP contribution >= 0.6 is 11.8 Å². The summed E-state index contributed by atoms with van der Waals surface area (Å²) in [5.74, 6) is 1.32. The summed E-state index contributed by atoms with van der Waals surface area (Å²) < 4.78 is 0. The van der Waals surface area contributed by atoms with Gasteiger partial charge in [-0.3, -0.25) is 4.79 Å². The number of thioether (sulfide) groups is 1. The summed E-state index contributed by atoms with van der Waals surface area (Å²) in [7, 11) is 0. The van der Waals surface area contributed by atoms with E-state index in [0.29, 0.717) is 0 Å². The number of benzene rings is 1. The van der Waals surface area contributed by atoms with Crippen LogP contribution in [0.5, 0.6) is 0 Å². The van der Waals surface area contributed by atoms with Gasteiger partial charge in [-0.1, -0.05) is 25.1 Å². The Balaban J connectivity index is 1.77. The fourth-order valence-electron chi connectivity index (χ4n) is 3.20. The zero-order chi connectivity index (χ0) is 14.0. The summed E-state index contributed by atoms with van der Waals surface area (Å²) in [6.07, 6.45) is 2.90. The van der Waals surface area contributed by atoms with Crippen LogP contribution in [0.3, 0.4) is 0 Å². The second-order valence-corrected chi connectivity index (χ2v) is 6.90. The van der Waals surface area contributed by atoms with Gasteiger partial charge in [0, 0.05) is 17.2 Å². The minimum absolute atomic E-state index is 0.184. The standard InChI is InChI=1S/C16H22N2OS/c1-2-16(8-9-17-11-16)15(19)18-13-7-10-20-14-6-4-3-5-12(13)14/h3-6,13,17H,2,7-11H2,1H3,(H,18,19). The van der Waals surface area contributed by atoms with Crippen molar-refractivity contribution < 1.29 is 4.79 Å². The van der Waals surface area contributed by atoms with Gasteiger partial charge >= 0.3 is 0 Å². The fourth-order valence-corrected chi connectivity index (χ4v) is 4.33. The smallest absolute Gasteiger partial charge is 0.228 e. The largest absolute Gasteiger partial charge is 0.349 e. The number of hydrogen-bond donors (Lipinski definition) is 2. The summed E-state index contributed by atoms with van der Waals surface area (Å²) in [5, 5.41) is 6.65. The third-order valence-corrected chi connectivity index (χ3v) is 5.79. The van der Waals surface area contributed by atoms with Crippen molar-refractivity contribution in [1.29, 1.82) is 0 Å². The molecule has 0 saturated carbocycles. The van der Waals surface area contributed by atoms with E-state index in [9.17, 15) is 4.79 Å². The van der Waals surface area contributed by atoms with Gasteiger partial charge in [-0.05, 0) is 37.4 Å². The monoisotopic (exact) mass is 290 g/mol. The summed E-state index contributed by atoms with van der Waals surface area (Å²) in [6.45, 7) is 3.90. The third-order valence-electron chi connectivity index (χ3n) is 4.67. The highest BCUT2D eigenvalue weighted by atomic mass is 32.2. The average molecular weight is 290 g/mol. The molecule has 2 atom stereocenters. The van der Waals surface area contributed by atoms with Crippen molar-refractivity contribution in [2.45, 2.75) is 37.1 Å². The number of hydrogen-bond acceptors (Lipinski definition) is 3. The van der Waals surface area contributed by atoms with E-state index in [4.69, 9.17) is 0 Å². The normalized spacial score (nSPS) is 28.9. The molecule has 0 aromatic heterocycles. The van der Waals surface area contributed by atoms with Gasteiger partial charge in [0.1, 0.15) is 0 Å². The molecule has 1 amide bonds. The molecule has 3 rings (SSSR count). The Morgan fingerprint density at radius 3 is 3.10 bits per heavy atom. The average Bonchev–Trinajstić information content (AvgIpc) is 2.98. The first-order valence-electron chi connectivity index (χ1n) is 7.48. The number of fused-ring (bicyclic) bond motifs is 1. The number of carbonyl (C=O) groups is 1. The summed E-state index contributed by atoms with van der Waals surface area (Å²) in [5.41, 5.74) is 1.09. The molecule has 2 aliphatic heterocycles. The maximum atomic E-state index is 12.7. The predicted octanol–water partition coefficient (Wildman–Crippen LogP) is 2.73. The van der Waals surface area contributed by atoms with Gasteiger partial charge in [0.05, 0.1) is 11.5 Å². The molecule has 2 heterocycles. The molecule has 20 heavy (non-hydrogen) atoms. The van der Waals surface area contributed by atoms with Crippen molar-refractivity contribution in [2.24, 2.45) is 5.41 Å². The Bertz CT molecular complexity index is 497. The van der Waals surface area contributed by atoms with Crippen molar-refractivity contribution in [3.05, 3.63) is 29.8 Å². The number of amides is 1. The molecular formula is C16H22N2OS. The molecule has 0 spiro atoms. The zero-order valence-electron chi connectivity index (χ0n) is 11.9. The van der Waals surface area contributed by atoms with E-state index >= 15 is 0 Å². The number of carbonyl (C=O) groups excluding carboxylic acids is 1. The summed E-state index contributed by atoms with van der Waals surface area (Å²) >= 11 is 1.89. The molecule has 4 heteroatoms. The van der Waals surface area contributed by atoms with E-state index in [2.05, 4.69) is 41.8 Å².